The van der Waals surface area contributed by atoms with Crippen molar-refractivity contribution in [1.29, 1.82) is 0 Å². The highest BCUT2D eigenvalue weighted by atomic mass is 35.5. The van der Waals surface area contributed by atoms with Crippen LogP contribution in [0.3, 0.4) is 0 Å². The first-order chi connectivity index (χ1) is 12.1. The molecule has 3 aromatic rings. The van der Waals surface area contributed by atoms with Crippen LogP contribution in [-0.2, 0) is 6.42 Å². The molecule has 0 saturated carbocycles. The molecule has 5 nitrogen and oxygen atoms in total. The fourth-order valence-electron chi connectivity index (χ4n) is 3.26. The Morgan fingerprint density at radius 3 is 2.76 bits per heavy atom. The molecule has 1 heterocycles. The number of rotatable bonds is 3. The van der Waals surface area contributed by atoms with Gasteiger partial charge in [-0.2, -0.15) is 5.10 Å². The van der Waals surface area contributed by atoms with E-state index >= 15 is 0 Å². The number of nitrogens with zero attached hydrogens (tertiary/aromatic N) is 1. The molecule has 3 N–H and O–H groups in total. The lowest BCUT2D eigenvalue weighted by atomic mass is 10.1. The summed E-state index contributed by atoms with van der Waals surface area (Å²) >= 11 is 5.92. The van der Waals surface area contributed by atoms with Crippen molar-refractivity contribution in [2.45, 2.75) is 18.6 Å². The van der Waals surface area contributed by atoms with Gasteiger partial charge in [-0.15, -0.1) is 0 Å². The molecule has 6 heteroatoms. The van der Waals surface area contributed by atoms with Crippen molar-refractivity contribution in [1.82, 2.24) is 15.5 Å². The molecule has 126 valence electrons. The minimum Gasteiger partial charge on any atom is -0.390 e. The topological polar surface area (TPSA) is 78.0 Å². The Hall–Kier alpha value is -2.63. The maximum atomic E-state index is 12.8. The quantitative estimate of drug-likeness (QED) is 0.677. The molecule has 0 fully saturated rings. The van der Waals surface area contributed by atoms with Gasteiger partial charge in [0.1, 0.15) is 0 Å². The molecule has 2 aromatic carbocycles. The van der Waals surface area contributed by atoms with Crippen LogP contribution in [0.2, 0.25) is 5.02 Å². The summed E-state index contributed by atoms with van der Waals surface area (Å²) < 4.78 is 0. The monoisotopic (exact) mass is 353 g/mol. The molecule has 0 unspecified atom stereocenters. The van der Waals surface area contributed by atoms with Crippen molar-refractivity contribution in [3.63, 3.8) is 0 Å². The summed E-state index contributed by atoms with van der Waals surface area (Å²) in [6.07, 6.45) is 1.40. The van der Waals surface area contributed by atoms with E-state index in [1.807, 2.05) is 36.4 Å². The predicted molar refractivity (Wildman–Crippen MR) is 95.4 cm³/mol. The summed E-state index contributed by atoms with van der Waals surface area (Å²) in [5.74, 6) is -0.278. The highest BCUT2D eigenvalue weighted by Crippen LogP contribution is 2.32. The zero-order valence-electron chi connectivity index (χ0n) is 13.2. The molecular formula is C19H16ClN3O2. The van der Waals surface area contributed by atoms with Crippen LogP contribution in [0.1, 0.15) is 27.5 Å². The third-order valence-electron chi connectivity index (χ3n) is 4.51. The first-order valence-electron chi connectivity index (χ1n) is 7.99. The third-order valence-corrected chi connectivity index (χ3v) is 4.76. The molecule has 1 amide bonds. The van der Waals surface area contributed by atoms with E-state index in [2.05, 4.69) is 15.5 Å². The maximum Gasteiger partial charge on any atom is 0.255 e. The highest BCUT2D eigenvalue weighted by Gasteiger charge is 2.32. The van der Waals surface area contributed by atoms with Crippen LogP contribution in [-0.4, -0.2) is 27.3 Å². The van der Waals surface area contributed by atoms with Crippen molar-refractivity contribution in [3.8, 4) is 11.3 Å². The van der Waals surface area contributed by atoms with E-state index in [1.165, 1.54) is 6.20 Å². The first-order valence-corrected chi connectivity index (χ1v) is 8.37. The number of carbonyl (C=O) groups excluding carboxylic acids is 1. The minimum absolute atomic E-state index is 0.278. The number of amides is 1. The van der Waals surface area contributed by atoms with Gasteiger partial charge in [-0.1, -0.05) is 48.0 Å². The van der Waals surface area contributed by atoms with Crippen LogP contribution in [0.15, 0.2) is 54.7 Å². The maximum absolute atomic E-state index is 12.8. The Kier molecular flexibility index (Phi) is 4.03. The van der Waals surface area contributed by atoms with Gasteiger partial charge in [-0.3, -0.25) is 9.89 Å². The average molecular weight is 354 g/mol. The van der Waals surface area contributed by atoms with Gasteiger partial charge >= 0.3 is 0 Å². The number of hydrogen-bond donors (Lipinski definition) is 3. The van der Waals surface area contributed by atoms with Crippen LogP contribution < -0.4 is 5.32 Å². The fourth-order valence-corrected chi connectivity index (χ4v) is 3.39. The Morgan fingerprint density at radius 2 is 1.96 bits per heavy atom. The number of fused-ring (bicyclic) bond motifs is 1. The Balaban J connectivity index is 1.61. The molecule has 0 aliphatic heterocycles. The van der Waals surface area contributed by atoms with E-state index < -0.39 is 12.1 Å². The molecule has 25 heavy (non-hydrogen) atoms. The van der Waals surface area contributed by atoms with Crippen LogP contribution in [0, 0.1) is 0 Å². The Bertz CT molecular complexity index is 920. The Labute approximate surface area is 149 Å². The molecular weight excluding hydrogens is 338 g/mol. The van der Waals surface area contributed by atoms with E-state index in [0.29, 0.717) is 22.7 Å². The number of aliphatic hydroxyl groups is 1. The number of aromatic amines is 1. The summed E-state index contributed by atoms with van der Waals surface area (Å²) in [5, 5.41) is 20.7. The number of nitrogens with one attached hydrogen (secondary N) is 2. The lowest BCUT2D eigenvalue weighted by Gasteiger charge is -2.18. The van der Waals surface area contributed by atoms with Crippen LogP contribution in [0.4, 0.5) is 0 Å². The third kappa shape index (κ3) is 2.92. The molecule has 0 bridgehead atoms. The first kappa shape index (κ1) is 15.9. The zero-order valence-corrected chi connectivity index (χ0v) is 14.0. The zero-order chi connectivity index (χ0) is 17.4. The molecule has 0 radical (unpaired) electrons. The molecule has 0 saturated heterocycles. The summed E-state index contributed by atoms with van der Waals surface area (Å²) in [5.41, 5.74) is 3.89. The van der Waals surface area contributed by atoms with Crippen LogP contribution >= 0.6 is 11.6 Å². The number of halogens is 1. The van der Waals surface area contributed by atoms with Crippen molar-refractivity contribution in [3.05, 3.63) is 76.4 Å². The van der Waals surface area contributed by atoms with Gasteiger partial charge in [0, 0.05) is 17.0 Å². The molecule has 0 spiro atoms. The number of hydrogen-bond acceptors (Lipinski definition) is 3. The van der Waals surface area contributed by atoms with Gasteiger partial charge in [-0.25, -0.2) is 0 Å². The van der Waals surface area contributed by atoms with Crippen LogP contribution in [0.25, 0.3) is 11.3 Å². The Morgan fingerprint density at radius 1 is 1.20 bits per heavy atom. The van der Waals surface area contributed by atoms with Crippen molar-refractivity contribution in [2.24, 2.45) is 0 Å². The van der Waals surface area contributed by atoms with E-state index in [9.17, 15) is 9.90 Å². The predicted octanol–water partition coefficient (Wildman–Crippen LogP) is 3.12. The second kappa shape index (κ2) is 6.35. The molecule has 1 aliphatic carbocycles. The number of aliphatic hydroxyl groups excluding tert-OH is 1. The van der Waals surface area contributed by atoms with Gasteiger partial charge in [0.25, 0.3) is 5.91 Å². The normalized spacial score (nSPS) is 18.8. The lowest BCUT2D eigenvalue weighted by Crippen LogP contribution is -2.33. The molecule has 1 aromatic heterocycles. The summed E-state index contributed by atoms with van der Waals surface area (Å²) in [6.45, 7) is 0. The van der Waals surface area contributed by atoms with Gasteiger partial charge in [0.15, 0.2) is 0 Å². The fraction of sp³-hybridized carbons (Fsp3) is 0.158. The molecule has 1 aliphatic rings. The number of aromatic nitrogens is 2. The van der Waals surface area contributed by atoms with Crippen molar-refractivity contribution in [2.75, 3.05) is 0 Å². The second-order valence-electron chi connectivity index (χ2n) is 6.09. The number of H-pyrrole nitrogens is 1. The molecule has 4 rings (SSSR count). The second-order valence-corrected chi connectivity index (χ2v) is 6.52. The highest BCUT2D eigenvalue weighted by molar-refractivity contribution is 6.30. The minimum atomic E-state index is -0.632. The largest absolute Gasteiger partial charge is 0.390 e. The van der Waals surface area contributed by atoms with Gasteiger partial charge in [-0.05, 0) is 23.3 Å². The number of benzene rings is 2. The van der Waals surface area contributed by atoms with Crippen molar-refractivity contribution >= 4 is 17.5 Å². The average Bonchev–Trinajstić information content (AvgIpc) is 3.21. The standard InChI is InChI=1S/C19H16ClN3O2/c20-13-7-5-11(6-8-13)17-15(10-21-23-17)19(25)22-18-14-4-2-1-3-12(14)9-16(18)24/h1-8,10,16,18,24H,9H2,(H,21,23)(H,22,25)/t16-,18+/m1/s1. The summed E-state index contributed by atoms with van der Waals surface area (Å²) in [7, 11) is 0. The van der Waals surface area contributed by atoms with Gasteiger partial charge < -0.3 is 10.4 Å². The van der Waals surface area contributed by atoms with E-state index in [4.69, 9.17) is 11.6 Å². The van der Waals surface area contributed by atoms with Gasteiger partial charge in [0.05, 0.1) is 29.6 Å². The van der Waals surface area contributed by atoms with Crippen molar-refractivity contribution < 1.29 is 9.90 Å². The van der Waals surface area contributed by atoms with E-state index in [-0.39, 0.29) is 5.91 Å². The van der Waals surface area contributed by atoms with Gasteiger partial charge in [0.2, 0.25) is 0 Å². The number of carbonyl (C=O) groups is 1. The summed E-state index contributed by atoms with van der Waals surface area (Å²) in [6, 6.07) is 14.5. The molecule has 2 atom stereocenters. The SMILES string of the molecule is O=C(N[C@H]1c2ccccc2C[C@H]1O)c1cn[nH]c1-c1ccc(Cl)cc1. The lowest BCUT2D eigenvalue weighted by molar-refractivity contribution is 0.0859. The van der Waals surface area contributed by atoms with E-state index in [1.54, 1.807) is 12.1 Å². The smallest absolute Gasteiger partial charge is 0.255 e. The van der Waals surface area contributed by atoms with Crippen LogP contribution in [0.5, 0.6) is 0 Å². The summed E-state index contributed by atoms with van der Waals surface area (Å²) in [4.78, 5) is 12.8. The van der Waals surface area contributed by atoms with E-state index in [0.717, 1.165) is 16.7 Å².